The number of unbranched alkanes of at least 4 members (excludes halogenated alkanes) is 1. The van der Waals surface area contributed by atoms with Gasteiger partial charge in [-0.1, -0.05) is 19.4 Å². The van der Waals surface area contributed by atoms with E-state index in [4.69, 9.17) is 0 Å². The van der Waals surface area contributed by atoms with E-state index in [1.807, 2.05) is 20.8 Å². The Kier molecular flexibility index (Phi) is 6.84. The van der Waals surface area contributed by atoms with Crippen molar-refractivity contribution in [3.05, 3.63) is 29.8 Å². The van der Waals surface area contributed by atoms with Gasteiger partial charge < -0.3 is 4.90 Å². The zero-order chi connectivity index (χ0) is 15.9. The van der Waals surface area contributed by atoms with Crippen molar-refractivity contribution >= 4 is 15.9 Å². The van der Waals surface area contributed by atoms with Gasteiger partial charge in [0, 0.05) is 25.2 Å². The van der Waals surface area contributed by atoms with Gasteiger partial charge in [0.15, 0.2) is 0 Å². The SMILES string of the molecule is CCCCNS(=O)(=O)c1cccc(C(=O)N(CC)CC)c1. The maximum absolute atomic E-state index is 12.3. The number of nitrogens with zero attached hydrogens (tertiary/aromatic N) is 1. The Balaban J connectivity index is 2.97. The van der Waals surface area contributed by atoms with Crippen molar-refractivity contribution in [1.29, 1.82) is 0 Å². The Hall–Kier alpha value is -1.40. The first-order chi connectivity index (χ1) is 9.96. The van der Waals surface area contributed by atoms with Crippen molar-refractivity contribution in [3.63, 3.8) is 0 Å². The first-order valence-electron chi connectivity index (χ1n) is 7.35. The molecule has 0 aliphatic carbocycles. The Morgan fingerprint density at radius 3 is 2.43 bits per heavy atom. The van der Waals surface area contributed by atoms with Crippen LogP contribution in [0.5, 0.6) is 0 Å². The van der Waals surface area contributed by atoms with Crippen LogP contribution in [0.15, 0.2) is 29.2 Å². The Morgan fingerprint density at radius 2 is 1.86 bits per heavy atom. The number of nitrogens with one attached hydrogen (secondary N) is 1. The average molecular weight is 312 g/mol. The molecule has 0 saturated heterocycles. The summed E-state index contributed by atoms with van der Waals surface area (Å²) in [7, 11) is -3.55. The second-order valence-electron chi connectivity index (χ2n) is 4.76. The Labute approximate surface area is 127 Å². The van der Waals surface area contributed by atoms with Gasteiger partial charge in [-0.25, -0.2) is 13.1 Å². The van der Waals surface area contributed by atoms with Crippen LogP contribution in [0.25, 0.3) is 0 Å². The van der Waals surface area contributed by atoms with Crippen LogP contribution in [-0.2, 0) is 10.0 Å². The molecule has 0 bridgehead atoms. The molecule has 1 amide bonds. The van der Waals surface area contributed by atoms with Crippen LogP contribution in [0.4, 0.5) is 0 Å². The molecule has 0 heterocycles. The molecular formula is C15H24N2O3S. The second-order valence-corrected chi connectivity index (χ2v) is 6.52. The maximum Gasteiger partial charge on any atom is 0.253 e. The highest BCUT2D eigenvalue weighted by Crippen LogP contribution is 2.13. The smallest absolute Gasteiger partial charge is 0.253 e. The van der Waals surface area contributed by atoms with Crippen molar-refractivity contribution in [2.75, 3.05) is 19.6 Å². The Bertz CT molecular complexity index is 566. The van der Waals surface area contributed by atoms with Crippen molar-refractivity contribution in [1.82, 2.24) is 9.62 Å². The molecule has 0 fully saturated rings. The number of hydrogen-bond acceptors (Lipinski definition) is 3. The summed E-state index contributed by atoms with van der Waals surface area (Å²) in [5.74, 6) is -0.148. The number of hydrogen-bond donors (Lipinski definition) is 1. The van der Waals surface area contributed by atoms with Crippen molar-refractivity contribution in [3.8, 4) is 0 Å². The lowest BCUT2D eigenvalue weighted by molar-refractivity contribution is 0.0772. The van der Waals surface area contributed by atoms with Crippen LogP contribution in [-0.4, -0.2) is 38.9 Å². The predicted molar refractivity (Wildman–Crippen MR) is 83.8 cm³/mol. The number of rotatable bonds is 8. The zero-order valence-corrected chi connectivity index (χ0v) is 13.7. The molecule has 1 aromatic carbocycles. The third-order valence-electron chi connectivity index (χ3n) is 3.26. The summed E-state index contributed by atoms with van der Waals surface area (Å²) >= 11 is 0. The minimum absolute atomic E-state index is 0.136. The number of sulfonamides is 1. The van der Waals surface area contributed by atoms with Gasteiger partial charge in [0.1, 0.15) is 0 Å². The monoisotopic (exact) mass is 312 g/mol. The molecule has 118 valence electrons. The number of carbonyl (C=O) groups excluding carboxylic acids is 1. The zero-order valence-electron chi connectivity index (χ0n) is 12.9. The minimum atomic E-state index is -3.55. The van der Waals surface area contributed by atoms with Gasteiger partial charge in [-0.15, -0.1) is 0 Å². The standard InChI is InChI=1S/C15H24N2O3S/c1-4-7-11-16-21(19,20)14-10-8-9-13(12-14)15(18)17(5-2)6-3/h8-10,12,16H,4-7,11H2,1-3H3. The van der Waals surface area contributed by atoms with Crippen LogP contribution in [0, 0.1) is 0 Å². The van der Waals surface area contributed by atoms with Crippen LogP contribution < -0.4 is 4.72 Å². The topological polar surface area (TPSA) is 66.5 Å². The van der Waals surface area contributed by atoms with E-state index in [-0.39, 0.29) is 10.8 Å². The van der Waals surface area contributed by atoms with E-state index in [0.29, 0.717) is 25.2 Å². The summed E-state index contributed by atoms with van der Waals surface area (Å²) in [5.41, 5.74) is 0.400. The van der Waals surface area contributed by atoms with Gasteiger partial charge in [0.25, 0.3) is 5.91 Å². The lowest BCUT2D eigenvalue weighted by Gasteiger charge is -2.19. The molecular weight excluding hydrogens is 288 g/mol. The van der Waals surface area contributed by atoms with Crippen molar-refractivity contribution in [2.45, 2.75) is 38.5 Å². The van der Waals surface area contributed by atoms with E-state index >= 15 is 0 Å². The lowest BCUT2D eigenvalue weighted by atomic mass is 10.2. The molecule has 5 nitrogen and oxygen atoms in total. The second kappa shape index (κ2) is 8.14. The number of benzene rings is 1. The predicted octanol–water partition coefficient (Wildman–Crippen LogP) is 2.25. The first kappa shape index (κ1) is 17.7. The van der Waals surface area contributed by atoms with Crippen LogP contribution in [0.2, 0.25) is 0 Å². The van der Waals surface area contributed by atoms with E-state index < -0.39 is 10.0 Å². The third kappa shape index (κ3) is 4.82. The summed E-state index contributed by atoms with van der Waals surface area (Å²) in [4.78, 5) is 14.1. The molecule has 0 aromatic heterocycles. The highest BCUT2D eigenvalue weighted by atomic mass is 32.2. The third-order valence-corrected chi connectivity index (χ3v) is 4.72. The van der Waals surface area contributed by atoms with Gasteiger partial charge in [-0.3, -0.25) is 4.79 Å². The quantitative estimate of drug-likeness (QED) is 0.749. The van der Waals surface area contributed by atoms with Gasteiger partial charge >= 0.3 is 0 Å². The summed E-state index contributed by atoms with van der Waals surface area (Å²) in [6.07, 6.45) is 1.71. The minimum Gasteiger partial charge on any atom is -0.339 e. The first-order valence-corrected chi connectivity index (χ1v) is 8.83. The van der Waals surface area contributed by atoms with Crippen molar-refractivity contribution in [2.24, 2.45) is 0 Å². The van der Waals surface area contributed by atoms with E-state index in [2.05, 4.69) is 4.72 Å². The molecule has 0 spiro atoms. The number of amides is 1. The molecule has 6 heteroatoms. The molecule has 21 heavy (non-hydrogen) atoms. The van der Waals surface area contributed by atoms with Crippen LogP contribution >= 0.6 is 0 Å². The summed E-state index contributed by atoms with van der Waals surface area (Å²) < 4.78 is 26.9. The molecule has 1 rings (SSSR count). The fourth-order valence-corrected chi connectivity index (χ4v) is 3.08. The van der Waals surface area contributed by atoms with Gasteiger partial charge in [-0.05, 0) is 38.5 Å². The highest BCUT2D eigenvalue weighted by molar-refractivity contribution is 7.89. The van der Waals surface area contributed by atoms with Crippen molar-refractivity contribution < 1.29 is 13.2 Å². The molecule has 0 unspecified atom stereocenters. The van der Waals surface area contributed by atoms with Gasteiger partial charge in [0.05, 0.1) is 4.90 Å². The fourth-order valence-electron chi connectivity index (χ4n) is 1.96. The normalized spacial score (nSPS) is 11.4. The van der Waals surface area contributed by atoms with Crippen LogP contribution in [0.1, 0.15) is 44.0 Å². The summed E-state index contributed by atoms with van der Waals surface area (Å²) in [6.45, 7) is 7.40. The van der Waals surface area contributed by atoms with Gasteiger partial charge in [0.2, 0.25) is 10.0 Å². The summed E-state index contributed by atoms with van der Waals surface area (Å²) in [5, 5.41) is 0. The van der Waals surface area contributed by atoms with E-state index in [1.54, 1.807) is 17.0 Å². The molecule has 1 N–H and O–H groups in total. The maximum atomic E-state index is 12.3. The highest BCUT2D eigenvalue weighted by Gasteiger charge is 2.17. The molecule has 1 aromatic rings. The summed E-state index contributed by atoms with van der Waals surface area (Å²) in [6, 6.07) is 6.19. The molecule has 0 aliphatic rings. The molecule has 0 saturated carbocycles. The molecule has 0 radical (unpaired) electrons. The van der Waals surface area contributed by atoms with Gasteiger partial charge in [-0.2, -0.15) is 0 Å². The molecule has 0 aliphatic heterocycles. The van der Waals surface area contributed by atoms with E-state index in [0.717, 1.165) is 12.8 Å². The average Bonchev–Trinajstić information content (AvgIpc) is 2.48. The largest absolute Gasteiger partial charge is 0.339 e. The lowest BCUT2D eigenvalue weighted by Crippen LogP contribution is -2.31. The number of carbonyl (C=O) groups is 1. The van der Waals surface area contributed by atoms with Crippen LogP contribution in [0.3, 0.4) is 0 Å². The molecule has 0 atom stereocenters. The van der Waals surface area contributed by atoms with E-state index in [9.17, 15) is 13.2 Å². The van der Waals surface area contributed by atoms with E-state index in [1.165, 1.54) is 12.1 Å². The Morgan fingerprint density at radius 1 is 1.19 bits per heavy atom. The fraction of sp³-hybridized carbons (Fsp3) is 0.533.